The van der Waals surface area contributed by atoms with Gasteiger partial charge in [-0.25, -0.2) is 0 Å². The number of carbonyl (C=O) groups excluding carboxylic acids is 3. The number of hydrogen-bond acceptors (Lipinski definition) is 7. The number of halogens is 1. The fraction of sp³-hybridized carbons (Fsp3) is 0.447. The standard InChI is InChI=1S/C21H25NO6S.C13H18O2.4CH4.FH/c1-15(23)19(20(28-2)13-8-16-6-4-3-5-7-16)14-21(24)22-17-9-11-18(12-10-17)29(25,26)27;1-11(14)10-13(15-2)9-8-12-6-4-3-5-7-12;;;;;/h3-7,9-12,19-20H,8,13-14H2,1-2H3,(H,22,24)(H,25,26,27);3-7,13H,8-10H2,1-2H3;4*1H4;1H. The number of hydrogen-bond donors (Lipinski definition) is 2. The maximum absolute atomic E-state index is 12.4. The van der Waals surface area contributed by atoms with Crippen molar-refractivity contribution in [3.63, 3.8) is 0 Å². The number of methoxy groups -OCH3 is 2. The second kappa shape index (κ2) is 27.1. The van der Waals surface area contributed by atoms with Gasteiger partial charge in [0.05, 0.1) is 23.0 Å². The van der Waals surface area contributed by atoms with Crippen LogP contribution in [-0.4, -0.2) is 56.9 Å². The third kappa shape index (κ3) is 20.4. The molecule has 3 aromatic rings. The Morgan fingerprint density at radius 3 is 1.57 bits per heavy atom. The summed E-state index contributed by atoms with van der Waals surface area (Å²) in [4.78, 5) is 35.2. The van der Waals surface area contributed by atoms with Crippen LogP contribution in [0.5, 0.6) is 0 Å². The Balaban J connectivity index is -0.000000437. The second-order valence-corrected chi connectivity index (χ2v) is 12.0. The molecule has 0 radical (unpaired) electrons. The number of carbonyl (C=O) groups is 3. The van der Waals surface area contributed by atoms with Crippen LogP contribution in [0.3, 0.4) is 0 Å². The Morgan fingerprint density at radius 2 is 1.18 bits per heavy atom. The van der Waals surface area contributed by atoms with E-state index in [0.29, 0.717) is 18.5 Å². The average molecular weight is 710 g/mol. The van der Waals surface area contributed by atoms with E-state index >= 15 is 0 Å². The number of benzene rings is 3. The molecule has 0 spiro atoms. The van der Waals surface area contributed by atoms with Crippen molar-refractivity contribution in [1.82, 2.24) is 0 Å². The molecule has 9 nitrogen and oxygen atoms in total. The van der Waals surface area contributed by atoms with Gasteiger partial charge in [-0.2, -0.15) is 8.42 Å². The minimum absolute atomic E-state index is 0. The molecule has 0 aliphatic heterocycles. The van der Waals surface area contributed by atoms with Crippen LogP contribution in [0.2, 0.25) is 0 Å². The van der Waals surface area contributed by atoms with Crippen LogP contribution in [0.25, 0.3) is 0 Å². The SMILES string of the molecule is C.C.C.C.COC(CCc1ccccc1)C(CC(=O)Nc1ccc(S(=O)(=O)O)cc1)C(C)=O.COC(CCc1ccccc1)CC(C)=O.F. The Labute approximate surface area is 294 Å². The lowest BCUT2D eigenvalue weighted by atomic mass is 9.90. The smallest absolute Gasteiger partial charge is 0.294 e. The van der Waals surface area contributed by atoms with Gasteiger partial charge in [0.1, 0.15) is 11.6 Å². The minimum Gasteiger partial charge on any atom is -0.381 e. The third-order valence-electron chi connectivity index (χ3n) is 7.12. The molecule has 0 aliphatic carbocycles. The summed E-state index contributed by atoms with van der Waals surface area (Å²) in [6.45, 7) is 3.04. The minimum atomic E-state index is -4.30. The molecule has 3 unspecified atom stereocenters. The first-order valence-corrected chi connectivity index (χ1v) is 15.9. The van der Waals surface area contributed by atoms with Crippen LogP contribution in [0.4, 0.5) is 10.4 Å². The normalized spacial score (nSPS) is 11.8. The maximum Gasteiger partial charge on any atom is 0.294 e. The van der Waals surface area contributed by atoms with E-state index in [2.05, 4.69) is 17.4 Å². The number of rotatable bonds is 16. The number of ether oxygens (including phenoxy) is 2. The van der Waals surface area contributed by atoms with Crippen LogP contribution in [0.15, 0.2) is 89.8 Å². The van der Waals surface area contributed by atoms with Gasteiger partial charge >= 0.3 is 0 Å². The molecular weight excluding hydrogens is 649 g/mol. The Bertz CT molecular complexity index is 1420. The molecule has 3 aromatic carbocycles. The summed E-state index contributed by atoms with van der Waals surface area (Å²) in [5.74, 6) is -0.927. The van der Waals surface area contributed by atoms with E-state index in [1.54, 1.807) is 14.0 Å². The number of anilines is 1. The first-order valence-electron chi connectivity index (χ1n) is 14.4. The van der Waals surface area contributed by atoms with Crippen molar-refractivity contribution in [1.29, 1.82) is 0 Å². The van der Waals surface area contributed by atoms with E-state index in [4.69, 9.17) is 14.0 Å². The molecule has 0 heterocycles. The maximum atomic E-state index is 12.4. The number of ketones is 2. The summed E-state index contributed by atoms with van der Waals surface area (Å²) in [5.41, 5.74) is 2.78. The molecule has 0 saturated carbocycles. The number of aryl methyl sites for hydroxylation is 2. The van der Waals surface area contributed by atoms with E-state index in [1.807, 2.05) is 48.5 Å². The van der Waals surface area contributed by atoms with E-state index in [9.17, 15) is 22.8 Å². The quantitative estimate of drug-likeness (QED) is 0.142. The average Bonchev–Trinajstić information content (AvgIpc) is 3.00. The molecule has 0 fully saturated rings. The molecule has 3 rings (SSSR count). The molecule has 0 bridgehead atoms. The van der Waals surface area contributed by atoms with Crippen LogP contribution in [-0.2, 0) is 46.8 Å². The van der Waals surface area contributed by atoms with Crippen molar-refractivity contribution in [2.75, 3.05) is 19.5 Å². The van der Waals surface area contributed by atoms with Crippen molar-refractivity contribution < 1.29 is 41.5 Å². The van der Waals surface area contributed by atoms with Crippen LogP contribution < -0.4 is 5.32 Å². The number of Topliss-reactive ketones (excluding diaryl/α,β-unsaturated/α-hetero) is 2. The second-order valence-electron chi connectivity index (χ2n) is 10.6. The molecule has 0 saturated heterocycles. The zero-order valence-corrected chi connectivity index (χ0v) is 27.0. The highest BCUT2D eigenvalue weighted by Crippen LogP contribution is 2.21. The summed E-state index contributed by atoms with van der Waals surface area (Å²) in [7, 11) is -1.11. The summed E-state index contributed by atoms with van der Waals surface area (Å²) >= 11 is 0. The lowest BCUT2D eigenvalue weighted by Crippen LogP contribution is -2.32. The van der Waals surface area contributed by atoms with Gasteiger partial charge in [0.2, 0.25) is 5.91 Å². The van der Waals surface area contributed by atoms with E-state index < -0.39 is 22.1 Å². The van der Waals surface area contributed by atoms with Crippen molar-refractivity contribution >= 4 is 33.3 Å². The van der Waals surface area contributed by atoms with Gasteiger partial charge in [-0.1, -0.05) is 90.4 Å². The molecule has 0 aliphatic rings. The van der Waals surface area contributed by atoms with Crippen LogP contribution >= 0.6 is 0 Å². The fourth-order valence-corrected chi connectivity index (χ4v) is 5.17. The van der Waals surface area contributed by atoms with E-state index in [1.165, 1.54) is 43.9 Å². The topological polar surface area (TPSA) is 136 Å². The summed E-state index contributed by atoms with van der Waals surface area (Å²) < 4.78 is 41.9. The van der Waals surface area contributed by atoms with Gasteiger partial charge in [-0.05, 0) is 74.9 Å². The number of nitrogens with one attached hydrogen (secondary N) is 1. The third-order valence-corrected chi connectivity index (χ3v) is 7.99. The lowest BCUT2D eigenvalue weighted by Gasteiger charge is -2.24. The van der Waals surface area contributed by atoms with Gasteiger partial charge in [0.25, 0.3) is 10.1 Å². The summed E-state index contributed by atoms with van der Waals surface area (Å²) in [5, 5.41) is 2.64. The van der Waals surface area contributed by atoms with Crippen molar-refractivity contribution in [3.05, 3.63) is 96.1 Å². The van der Waals surface area contributed by atoms with Crippen LogP contribution in [0, 0.1) is 5.92 Å². The molecule has 278 valence electrons. The molecular formula is C38H60FNO8S. The van der Waals surface area contributed by atoms with E-state index in [-0.39, 0.29) is 69.3 Å². The summed E-state index contributed by atoms with van der Waals surface area (Å²) in [6, 6.07) is 25.2. The molecule has 3 atom stereocenters. The fourth-order valence-electron chi connectivity index (χ4n) is 4.69. The monoisotopic (exact) mass is 709 g/mol. The Morgan fingerprint density at radius 1 is 0.714 bits per heavy atom. The molecule has 1 amide bonds. The van der Waals surface area contributed by atoms with Crippen molar-refractivity contribution in [3.8, 4) is 0 Å². The van der Waals surface area contributed by atoms with Gasteiger partial charge in [0.15, 0.2) is 0 Å². The highest BCUT2D eigenvalue weighted by atomic mass is 32.2. The van der Waals surface area contributed by atoms with Gasteiger partial charge in [-0.15, -0.1) is 0 Å². The van der Waals surface area contributed by atoms with E-state index in [0.717, 1.165) is 24.8 Å². The molecule has 49 heavy (non-hydrogen) atoms. The highest BCUT2D eigenvalue weighted by Gasteiger charge is 2.28. The largest absolute Gasteiger partial charge is 0.381 e. The zero-order chi connectivity index (χ0) is 32.5. The molecule has 11 heteroatoms. The van der Waals surface area contributed by atoms with Crippen molar-refractivity contribution in [2.24, 2.45) is 5.92 Å². The first-order chi connectivity index (χ1) is 20.9. The predicted octanol–water partition coefficient (Wildman–Crippen LogP) is 8.43. The Kier molecular flexibility index (Phi) is 28.8. The summed E-state index contributed by atoms with van der Waals surface area (Å²) in [6.07, 6.45) is 3.31. The van der Waals surface area contributed by atoms with Gasteiger partial charge in [-0.3, -0.25) is 23.6 Å². The van der Waals surface area contributed by atoms with Crippen molar-refractivity contribution in [2.45, 2.75) is 99.2 Å². The lowest BCUT2D eigenvalue weighted by molar-refractivity contribution is -0.130. The van der Waals surface area contributed by atoms with Gasteiger partial charge < -0.3 is 14.8 Å². The first kappa shape index (κ1) is 52.1. The number of amides is 1. The Hall–Kier alpha value is -3.77. The predicted molar refractivity (Wildman–Crippen MR) is 200 cm³/mol. The van der Waals surface area contributed by atoms with Crippen LogP contribution in [0.1, 0.15) is 80.4 Å². The zero-order valence-electron chi connectivity index (χ0n) is 26.2. The molecule has 2 N–H and O–H groups in total. The highest BCUT2D eigenvalue weighted by molar-refractivity contribution is 7.85. The molecule has 0 aromatic heterocycles. The van der Waals surface area contributed by atoms with Gasteiger partial charge in [0, 0.05) is 32.7 Å².